The van der Waals surface area contributed by atoms with E-state index in [1.54, 1.807) is 0 Å². The van der Waals surface area contributed by atoms with Gasteiger partial charge in [0.15, 0.2) is 0 Å². The number of aryl methyl sites for hydroxylation is 1. The molecular weight excluding hydrogens is 521 g/mol. The normalized spacial score (nSPS) is 21.7. The molecule has 2 N–H and O–H groups in total. The molecule has 0 atom stereocenters. The SMILES string of the molecule is CNS(=O)(=O)CCc1ccc2[nH]cc(C3CC[N+](C)(Cc4ccccc4)CC3)c2c1.[I-]. The molecule has 7 heteroatoms. The van der Waals surface area contributed by atoms with E-state index in [1.807, 2.05) is 6.07 Å². The Balaban J connectivity index is 0.00000272. The van der Waals surface area contributed by atoms with Crippen LogP contribution in [0, 0.1) is 0 Å². The zero-order chi connectivity index (χ0) is 21.2. The Bertz CT molecular complexity index is 1100. The third kappa shape index (κ3) is 5.88. The first kappa shape index (κ1) is 24.2. The van der Waals surface area contributed by atoms with Gasteiger partial charge >= 0.3 is 0 Å². The van der Waals surface area contributed by atoms with Crippen molar-refractivity contribution in [3.8, 4) is 0 Å². The van der Waals surface area contributed by atoms with E-state index in [-0.39, 0.29) is 29.7 Å². The number of rotatable bonds is 7. The van der Waals surface area contributed by atoms with E-state index in [1.165, 1.54) is 49.5 Å². The number of nitrogens with zero attached hydrogens (tertiary/aromatic N) is 1. The van der Waals surface area contributed by atoms with Crippen LogP contribution in [0.3, 0.4) is 0 Å². The van der Waals surface area contributed by atoms with Crippen molar-refractivity contribution in [1.82, 2.24) is 9.71 Å². The molecule has 1 aromatic heterocycles. The van der Waals surface area contributed by atoms with Crippen LogP contribution in [0.2, 0.25) is 0 Å². The summed E-state index contributed by atoms with van der Waals surface area (Å²) < 4.78 is 27.0. The van der Waals surface area contributed by atoms with Crippen molar-refractivity contribution in [1.29, 1.82) is 0 Å². The van der Waals surface area contributed by atoms with Gasteiger partial charge in [-0.05, 0) is 42.6 Å². The van der Waals surface area contributed by atoms with Crippen molar-refractivity contribution < 1.29 is 36.9 Å². The van der Waals surface area contributed by atoms with Crippen LogP contribution in [0.5, 0.6) is 0 Å². The number of halogens is 1. The third-order valence-electron chi connectivity index (χ3n) is 6.63. The number of aromatic amines is 1. The minimum Gasteiger partial charge on any atom is -1.00 e. The Morgan fingerprint density at radius 3 is 2.45 bits per heavy atom. The molecule has 1 aliphatic heterocycles. The molecule has 0 saturated carbocycles. The highest BCUT2D eigenvalue weighted by atomic mass is 127. The summed E-state index contributed by atoms with van der Waals surface area (Å²) in [5.41, 5.74) is 5.00. The molecule has 0 radical (unpaired) electrons. The molecule has 0 unspecified atom stereocenters. The summed E-state index contributed by atoms with van der Waals surface area (Å²) in [7, 11) is 0.655. The van der Waals surface area contributed by atoms with Crippen molar-refractivity contribution in [2.45, 2.75) is 31.7 Å². The van der Waals surface area contributed by atoms with E-state index in [0.717, 1.165) is 22.1 Å². The Morgan fingerprint density at radius 2 is 1.77 bits per heavy atom. The van der Waals surface area contributed by atoms with Crippen LogP contribution in [-0.2, 0) is 23.0 Å². The van der Waals surface area contributed by atoms with Crippen LogP contribution in [0.1, 0.15) is 35.4 Å². The van der Waals surface area contributed by atoms with Crippen LogP contribution in [0.4, 0.5) is 0 Å². The standard InChI is InChI=1S/C24H32N3O2S.HI/c1-25-30(28,29)15-12-19-8-9-24-22(16-19)23(17-26-24)21-10-13-27(2,14-11-21)18-20-6-4-3-5-7-20;/h3-9,16-17,21,25-26H,10-15,18H2,1-2H3;1H/q+1;/p-1. The largest absolute Gasteiger partial charge is 1.00 e. The van der Waals surface area contributed by atoms with E-state index in [9.17, 15) is 8.42 Å². The average molecular weight is 554 g/mol. The number of sulfonamides is 1. The Labute approximate surface area is 202 Å². The minimum atomic E-state index is -3.19. The van der Waals surface area contributed by atoms with Crippen molar-refractivity contribution >= 4 is 20.9 Å². The zero-order valence-electron chi connectivity index (χ0n) is 18.3. The van der Waals surface area contributed by atoms with Gasteiger partial charge in [0.1, 0.15) is 6.54 Å². The molecular formula is C24H32IN3O2S. The highest BCUT2D eigenvalue weighted by Gasteiger charge is 2.31. The first-order valence-electron chi connectivity index (χ1n) is 10.8. The fourth-order valence-electron chi connectivity index (χ4n) is 4.72. The van der Waals surface area contributed by atoms with Crippen molar-refractivity contribution in [2.75, 3.05) is 32.9 Å². The molecule has 1 aliphatic rings. The molecule has 168 valence electrons. The maximum absolute atomic E-state index is 11.8. The van der Waals surface area contributed by atoms with Gasteiger partial charge in [-0.1, -0.05) is 36.4 Å². The highest BCUT2D eigenvalue weighted by Crippen LogP contribution is 2.36. The fraction of sp³-hybridized carbons (Fsp3) is 0.417. The van der Waals surface area contributed by atoms with Crippen molar-refractivity contribution in [3.05, 3.63) is 71.4 Å². The lowest BCUT2D eigenvalue weighted by Crippen LogP contribution is -3.00. The summed E-state index contributed by atoms with van der Waals surface area (Å²) in [6.07, 6.45) is 5.04. The molecule has 5 nitrogen and oxygen atoms in total. The number of likely N-dealkylation sites (tertiary alicyclic amines) is 1. The van der Waals surface area contributed by atoms with E-state index >= 15 is 0 Å². The lowest BCUT2D eigenvalue weighted by atomic mass is 9.87. The van der Waals surface area contributed by atoms with E-state index < -0.39 is 10.0 Å². The number of fused-ring (bicyclic) bond motifs is 1. The van der Waals surface area contributed by atoms with E-state index in [2.05, 4.69) is 65.4 Å². The number of quaternary nitrogens is 1. The van der Waals surface area contributed by atoms with Gasteiger partial charge in [0.05, 0.1) is 25.9 Å². The summed E-state index contributed by atoms with van der Waals surface area (Å²) in [5.74, 6) is 0.671. The smallest absolute Gasteiger partial charge is 0.211 e. The fourth-order valence-corrected chi connectivity index (χ4v) is 5.43. The van der Waals surface area contributed by atoms with Gasteiger partial charge in [-0.25, -0.2) is 13.1 Å². The number of hydrogen-bond acceptors (Lipinski definition) is 2. The second kappa shape index (κ2) is 10.0. The van der Waals surface area contributed by atoms with Gasteiger partial charge in [0.2, 0.25) is 10.0 Å². The number of nitrogens with one attached hydrogen (secondary N) is 2. The lowest BCUT2D eigenvalue weighted by Gasteiger charge is -2.40. The number of benzene rings is 2. The molecule has 0 aliphatic carbocycles. The number of hydrogen-bond donors (Lipinski definition) is 2. The first-order chi connectivity index (χ1) is 14.4. The number of aromatic nitrogens is 1. The third-order valence-corrected chi connectivity index (χ3v) is 7.99. The minimum absolute atomic E-state index is 0. The summed E-state index contributed by atoms with van der Waals surface area (Å²) in [6, 6.07) is 17.1. The van der Waals surface area contributed by atoms with E-state index in [4.69, 9.17) is 0 Å². The highest BCUT2D eigenvalue weighted by molar-refractivity contribution is 7.89. The molecule has 1 saturated heterocycles. The van der Waals surface area contributed by atoms with Crippen molar-refractivity contribution in [3.63, 3.8) is 0 Å². The Hall–Kier alpha value is -1.42. The second-order valence-corrected chi connectivity index (χ2v) is 10.9. The second-order valence-electron chi connectivity index (χ2n) is 8.88. The quantitative estimate of drug-likeness (QED) is 0.336. The predicted octanol–water partition coefficient (Wildman–Crippen LogP) is 0.788. The van der Waals surface area contributed by atoms with E-state index in [0.29, 0.717) is 12.3 Å². The van der Waals surface area contributed by atoms with Gasteiger partial charge in [-0.15, -0.1) is 0 Å². The van der Waals surface area contributed by atoms with Gasteiger partial charge in [0, 0.05) is 35.5 Å². The van der Waals surface area contributed by atoms with Gasteiger partial charge < -0.3 is 33.4 Å². The molecule has 31 heavy (non-hydrogen) atoms. The maximum atomic E-state index is 11.8. The molecule has 1 fully saturated rings. The summed E-state index contributed by atoms with van der Waals surface area (Å²) in [5, 5.41) is 1.25. The summed E-state index contributed by atoms with van der Waals surface area (Å²) in [6.45, 7) is 3.43. The predicted molar refractivity (Wildman–Crippen MR) is 123 cm³/mol. The molecule has 4 rings (SSSR count). The topological polar surface area (TPSA) is 62.0 Å². The molecule has 2 heterocycles. The number of H-pyrrole nitrogens is 1. The van der Waals surface area contributed by atoms with Crippen LogP contribution in [0.25, 0.3) is 10.9 Å². The average Bonchev–Trinajstić information content (AvgIpc) is 3.17. The molecule has 0 amide bonds. The Morgan fingerprint density at radius 1 is 1.06 bits per heavy atom. The van der Waals surface area contributed by atoms with Gasteiger partial charge in [0.25, 0.3) is 0 Å². The molecule has 3 aromatic rings. The van der Waals surface area contributed by atoms with Crippen molar-refractivity contribution in [2.24, 2.45) is 0 Å². The maximum Gasteiger partial charge on any atom is 0.211 e. The van der Waals surface area contributed by atoms with Crippen LogP contribution < -0.4 is 28.7 Å². The van der Waals surface area contributed by atoms with Gasteiger partial charge in [-0.2, -0.15) is 0 Å². The summed E-state index contributed by atoms with van der Waals surface area (Å²) in [4.78, 5) is 3.42. The van der Waals surface area contributed by atoms with Crippen LogP contribution in [-0.4, -0.2) is 50.8 Å². The molecule has 2 aromatic carbocycles. The zero-order valence-corrected chi connectivity index (χ0v) is 21.2. The van der Waals surface area contributed by atoms with Crippen LogP contribution >= 0.6 is 0 Å². The van der Waals surface area contributed by atoms with Gasteiger partial charge in [-0.3, -0.25) is 0 Å². The Kier molecular flexibility index (Phi) is 7.83. The molecule has 0 spiro atoms. The summed E-state index contributed by atoms with van der Waals surface area (Å²) >= 11 is 0. The first-order valence-corrected chi connectivity index (χ1v) is 12.4. The number of piperidine rings is 1. The lowest BCUT2D eigenvalue weighted by molar-refractivity contribution is -0.927. The monoisotopic (exact) mass is 553 g/mol. The molecule has 0 bridgehead atoms. The van der Waals surface area contributed by atoms with Crippen LogP contribution in [0.15, 0.2) is 54.7 Å².